The van der Waals surface area contributed by atoms with E-state index in [1.54, 1.807) is 0 Å². The van der Waals surface area contributed by atoms with E-state index in [1.165, 1.54) is 0 Å². The van der Waals surface area contributed by atoms with Crippen LogP contribution in [0.15, 0.2) is 48.5 Å². The molecule has 0 radical (unpaired) electrons. The monoisotopic (exact) mass is 306 g/mol. The molecular formula is C14H8ClF5. The summed E-state index contributed by atoms with van der Waals surface area (Å²) in [5, 5.41) is 0.162. The maximum atomic E-state index is 14.0. The van der Waals surface area contributed by atoms with Crippen molar-refractivity contribution in [3.63, 3.8) is 0 Å². The van der Waals surface area contributed by atoms with Gasteiger partial charge in [0.1, 0.15) is 5.82 Å². The lowest BCUT2D eigenvalue weighted by Gasteiger charge is -2.27. The molecule has 2 aromatic carbocycles. The van der Waals surface area contributed by atoms with Gasteiger partial charge in [-0.2, -0.15) is 17.6 Å². The van der Waals surface area contributed by atoms with Crippen LogP contribution >= 0.6 is 11.6 Å². The minimum Gasteiger partial charge on any atom is -0.207 e. The van der Waals surface area contributed by atoms with Crippen LogP contribution in [0.1, 0.15) is 11.1 Å². The number of halogens is 6. The van der Waals surface area contributed by atoms with Crippen LogP contribution in [0, 0.1) is 5.82 Å². The van der Waals surface area contributed by atoms with E-state index in [2.05, 4.69) is 0 Å². The highest BCUT2D eigenvalue weighted by Gasteiger charge is 2.58. The Kier molecular flexibility index (Phi) is 3.73. The molecule has 0 saturated carbocycles. The lowest BCUT2D eigenvalue weighted by atomic mass is 9.96. The van der Waals surface area contributed by atoms with E-state index >= 15 is 0 Å². The fraction of sp³-hybridized carbons (Fsp3) is 0.143. The summed E-state index contributed by atoms with van der Waals surface area (Å²) >= 11 is 5.54. The molecule has 20 heavy (non-hydrogen) atoms. The molecule has 0 aliphatic carbocycles. The summed E-state index contributed by atoms with van der Waals surface area (Å²) in [4.78, 5) is 0. The van der Waals surface area contributed by atoms with Crippen LogP contribution in [0.25, 0.3) is 0 Å². The summed E-state index contributed by atoms with van der Waals surface area (Å²) in [5.74, 6) is -9.68. The highest BCUT2D eigenvalue weighted by Crippen LogP contribution is 2.49. The first-order valence-corrected chi connectivity index (χ1v) is 5.90. The topological polar surface area (TPSA) is 0 Å². The van der Waals surface area contributed by atoms with Crippen molar-refractivity contribution in [2.75, 3.05) is 0 Å². The Hall–Kier alpha value is -1.62. The Labute approximate surface area is 116 Å². The largest absolute Gasteiger partial charge is 0.339 e. The van der Waals surface area contributed by atoms with Gasteiger partial charge in [-0.1, -0.05) is 23.7 Å². The van der Waals surface area contributed by atoms with Gasteiger partial charge in [0.05, 0.1) is 0 Å². The molecule has 0 spiro atoms. The van der Waals surface area contributed by atoms with E-state index in [-0.39, 0.29) is 5.02 Å². The zero-order valence-electron chi connectivity index (χ0n) is 9.89. The molecule has 2 aromatic rings. The first-order chi connectivity index (χ1) is 9.25. The van der Waals surface area contributed by atoms with E-state index in [0.29, 0.717) is 24.3 Å². The van der Waals surface area contributed by atoms with Crippen LogP contribution in [-0.4, -0.2) is 0 Å². The molecule has 0 unspecified atom stereocenters. The minimum atomic E-state index is -4.46. The summed E-state index contributed by atoms with van der Waals surface area (Å²) in [6, 6.07) is 6.57. The third-order valence-electron chi connectivity index (χ3n) is 2.81. The molecule has 0 aliphatic heterocycles. The van der Waals surface area contributed by atoms with Gasteiger partial charge in [0.15, 0.2) is 0 Å². The summed E-state index contributed by atoms with van der Waals surface area (Å²) in [5.41, 5.74) is -1.82. The predicted molar refractivity (Wildman–Crippen MR) is 65.6 cm³/mol. The highest BCUT2D eigenvalue weighted by atomic mass is 35.5. The second-order valence-electron chi connectivity index (χ2n) is 4.16. The van der Waals surface area contributed by atoms with Crippen LogP contribution < -0.4 is 0 Å². The van der Waals surface area contributed by atoms with Crippen molar-refractivity contribution in [2.45, 2.75) is 11.8 Å². The summed E-state index contributed by atoms with van der Waals surface area (Å²) in [6.07, 6.45) is 0. The first-order valence-electron chi connectivity index (χ1n) is 5.53. The van der Waals surface area contributed by atoms with Gasteiger partial charge in [0.25, 0.3) is 0 Å². The van der Waals surface area contributed by atoms with Gasteiger partial charge in [-0.3, -0.25) is 0 Å². The number of rotatable bonds is 3. The van der Waals surface area contributed by atoms with Crippen LogP contribution in [0.4, 0.5) is 22.0 Å². The maximum absolute atomic E-state index is 14.0. The molecule has 0 atom stereocenters. The van der Waals surface area contributed by atoms with E-state index in [9.17, 15) is 22.0 Å². The maximum Gasteiger partial charge on any atom is 0.339 e. The Bertz CT molecular complexity index is 534. The van der Waals surface area contributed by atoms with Gasteiger partial charge in [-0.25, -0.2) is 4.39 Å². The SMILES string of the molecule is Fc1ccc(C(F)(F)C(F)(F)c2ccc(Cl)cc2)cc1. The second kappa shape index (κ2) is 5.05. The average Bonchev–Trinajstić information content (AvgIpc) is 2.39. The van der Waals surface area contributed by atoms with Crippen LogP contribution in [-0.2, 0) is 11.8 Å². The molecule has 0 amide bonds. The number of hydrogen-bond acceptors (Lipinski definition) is 0. The summed E-state index contributed by atoms with van der Waals surface area (Å²) in [7, 11) is 0. The van der Waals surface area contributed by atoms with Crippen molar-refractivity contribution < 1.29 is 22.0 Å². The fourth-order valence-corrected chi connectivity index (χ4v) is 1.81. The summed E-state index contributed by atoms with van der Waals surface area (Å²) < 4.78 is 68.5. The van der Waals surface area contributed by atoms with E-state index in [0.717, 1.165) is 24.3 Å². The average molecular weight is 307 g/mol. The third kappa shape index (κ3) is 2.50. The van der Waals surface area contributed by atoms with Crippen molar-refractivity contribution in [2.24, 2.45) is 0 Å². The Morgan fingerprint density at radius 2 is 1.00 bits per heavy atom. The van der Waals surface area contributed by atoms with Crippen LogP contribution in [0.5, 0.6) is 0 Å². The lowest BCUT2D eigenvalue weighted by molar-refractivity contribution is -0.223. The van der Waals surface area contributed by atoms with Crippen molar-refractivity contribution >= 4 is 11.6 Å². The van der Waals surface area contributed by atoms with E-state index in [4.69, 9.17) is 11.6 Å². The molecule has 106 valence electrons. The molecule has 0 N–H and O–H groups in total. The lowest BCUT2D eigenvalue weighted by Crippen LogP contribution is -2.35. The number of alkyl halides is 4. The van der Waals surface area contributed by atoms with Crippen molar-refractivity contribution in [3.05, 3.63) is 70.5 Å². The first kappa shape index (κ1) is 14.8. The van der Waals surface area contributed by atoms with Crippen molar-refractivity contribution in [1.29, 1.82) is 0 Å². The Balaban J connectivity index is 2.45. The van der Waals surface area contributed by atoms with Gasteiger partial charge >= 0.3 is 11.8 Å². The summed E-state index contributed by atoms with van der Waals surface area (Å²) in [6.45, 7) is 0. The fourth-order valence-electron chi connectivity index (χ4n) is 1.68. The van der Waals surface area contributed by atoms with E-state index in [1.807, 2.05) is 0 Å². The quantitative estimate of drug-likeness (QED) is 0.669. The number of hydrogen-bond donors (Lipinski definition) is 0. The van der Waals surface area contributed by atoms with E-state index < -0.39 is 28.8 Å². The molecule has 0 fully saturated rings. The number of benzene rings is 2. The smallest absolute Gasteiger partial charge is 0.207 e. The van der Waals surface area contributed by atoms with Crippen molar-refractivity contribution in [3.8, 4) is 0 Å². The van der Waals surface area contributed by atoms with Gasteiger partial charge in [0, 0.05) is 16.1 Å². The van der Waals surface area contributed by atoms with Gasteiger partial charge in [-0.05, 0) is 36.4 Å². The van der Waals surface area contributed by atoms with Gasteiger partial charge in [-0.15, -0.1) is 0 Å². The molecule has 0 saturated heterocycles. The molecule has 0 heterocycles. The van der Waals surface area contributed by atoms with Crippen LogP contribution in [0.2, 0.25) is 5.02 Å². The van der Waals surface area contributed by atoms with Gasteiger partial charge < -0.3 is 0 Å². The molecular weight excluding hydrogens is 299 g/mol. The van der Waals surface area contributed by atoms with Crippen LogP contribution in [0.3, 0.4) is 0 Å². The zero-order chi connectivity index (χ0) is 15.0. The highest BCUT2D eigenvalue weighted by molar-refractivity contribution is 6.30. The third-order valence-corrected chi connectivity index (χ3v) is 3.06. The zero-order valence-corrected chi connectivity index (χ0v) is 10.6. The molecule has 0 aromatic heterocycles. The normalized spacial score (nSPS) is 12.5. The Morgan fingerprint density at radius 3 is 1.40 bits per heavy atom. The molecule has 0 nitrogen and oxygen atoms in total. The molecule has 0 aliphatic rings. The van der Waals surface area contributed by atoms with Gasteiger partial charge in [0.2, 0.25) is 0 Å². The standard InChI is InChI=1S/C14H8ClF5/c15-11-5-1-9(2-6-11)13(17,18)14(19,20)10-3-7-12(16)8-4-10/h1-8H. The molecule has 6 heteroatoms. The minimum absolute atomic E-state index is 0.162. The predicted octanol–water partition coefficient (Wildman–Crippen LogP) is 5.36. The molecule has 0 bridgehead atoms. The second-order valence-corrected chi connectivity index (χ2v) is 4.60. The van der Waals surface area contributed by atoms with Crippen molar-refractivity contribution in [1.82, 2.24) is 0 Å². The Morgan fingerprint density at radius 1 is 0.650 bits per heavy atom. The molecule has 2 rings (SSSR count).